The van der Waals surface area contributed by atoms with Crippen molar-refractivity contribution in [3.63, 3.8) is 0 Å². The zero-order chi connectivity index (χ0) is 24.7. The van der Waals surface area contributed by atoms with E-state index in [9.17, 15) is 19.2 Å². The number of fused-ring (bicyclic) bond motifs is 4. The second-order valence-electron chi connectivity index (χ2n) is 8.90. The van der Waals surface area contributed by atoms with Gasteiger partial charge >= 0.3 is 5.97 Å². The third-order valence-corrected chi connectivity index (χ3v) is 7.75. The van der Waals surface area contributed by atoms with Crippen LogP contribution in [-0.4, -0.2) is 54.9 Å². The van der Waals surface area contributed by atoms with Crippen LogP contribution >= 0.6 is 11.8 Å². The molecule has 3 aliphatic rings. The topological polar surface area (TPSA) is 96.0 Å². The average Bonchev–Trinajstić information content (AvgIpc) is 3.43. The molecule has 0 bridgehead atoms. The van der Waals surface area contributed by atoms with Crippen molar-refractivity contribution in [3.05, 3.63) is 60.2 Å². The summed E-state index contributed by atoms with van der Waals surface area (Å²) in [6.45, 7) is 1.65. The van der Waals surface area contributed by atoms with Crippen LogP contribution in [0.4, 0.5) is 11.4 Å². The number of benzene rings is 2. The Hall–Kier alpha value is -3.17. The van der Waals surface area contributed by atoms with Crippen molar-refractivity contribution in [2.45, 2.75) is 24.9 Å². The zero-order valence-corrected chi connectivity index (χ0v) is 20.4. The van der Waals surface area contributed by atoms with Crippen molar-refractivity contribution in [3.8, 4) is 0 Å². The van der Waals surface area contributed by atoms with E-state index in [1.807, 2.05) is 24.5 Å². The molecule has 0 unspecified atom stereocenters. The number of ether oxygens (including phenoxy) is 1. The highest BCUT2D eigenvalue weighted by Crippen LogP contribution is 2.55. The van der Waals surface area contributed by atoms with Gasteiger partial charge in [-0.25, -0.2) is 4.90 Å². The van der Waals surface area contributed by atoms with Crippen LogP contribution in [0.3, 0.4) is 0 Å². The van der Waals surface area contributed by atoms with Crippen LogP contribution in [0.15, 0.2) is 54.6 Å². The van der Waals surface area contributed by atoms with Gasteiger partial charge < -0.3 is 4.74 Å². The standard InChI is InChI=1S/C26H27N3O5S/c1-3-34-20(30)15-28-19-12-8-7-11-17(19)26(25(28)33)22-21(18(27-26)13-14-35-2)23(31)29(24(22)32)16-9-5-4-6-10-16/h4-12,18,21-22,27H,3,13-15H2,1-2H3/t18-,21+,22-,26+/m0/s1. The molecule has 35 heavy (non-hydrogen) atoms. The molecule has 0 radical (unpaired) electrons. The van der Waals surface area contributed by atoms with Gasteiger partial charge in [0.1, 0.15) is 12.1 Å². The fraction of sp³-hybridized carbons (Fsp3) is 0.385. The van der Waals surface area contributed by atoms with Gasteiger partial charge in [0.2, 0.25) is 11.8 Å². The van der Waals surface area contributed by atoms with E-state index < -0.39 is 35.2 Å². The van der Waals surface area contributed by atoms with E-state index >= 15 is 0 Å². The molecule has 3 heterocycles. The summed E-state index contributed by atoms with van der Waals surface area (Å²) in [6.07, 6.45) is 2.61. The van der Waals surface area contributed by atoms with Gasteiger partial charge in [0.15, 0.2) is 0 Å². The lowest BCUT2D eigenvalue weighted by Gasteiger charge is -2.30. The van der Waals surface area contributed by atoms with Gasteiger partial charge in [-0.1, -0.05) is 36.4 Å². The monoisotopic (exact) mass is 493 g/mol. The summed E-state index contributed by atoms with van der Waals surface area (Å²) in [4.78, 5) is 56.8. The molecule has 2 aromatic rings. The molecular formula is C26H27N3O5S. The van der Waals surface area contributed by atoms with Gasteiger partial charge in [0.25, 0.3) is 5.91 Å². The van der Waals surface area contributed by atoms with E-state index in [4.69, 9.17) is 4.74 Å². The summed E-state index contributed by atoms with van der Waals surface area (Å²) < 4.78 is 5.11. The van der Waals surface area contributed by atoms with Crippen LogP contribution in [0.1, 0.15) is 18.9 Å². The third-order valence-electron chi connectivity index (χ3n) is 7.11. The van der Waals surface area contributed by atoms with Gasteiger partial charge in [-0.15, -0.1) is 0 Å². The first-order valence-corrected chi connectivity index (χ1v) is 13.1. The molecule has 1 N–H and O–H groups in total. The number of nitrogens with one attached hydrogen (secondary N) is 1. The Morgan fingerprint density at radius 2 is 1.77 bits per heavy atom. The largest absolute Gasteiger partial charge is 0.465 e. The van der Waals surface area contributed by atoms with Crippen molar-refractivity contribution in [2.75, 3.05) is 35.0 Å². The lowest BCUT2D eigenvalue weighted by Crippen LogP contribution is -2.55. The quantitative estimate of drug-likeness (QED) is 0.467. The Balaban J connectivity index is 1.63. The van der Waals surface area contributed by atoms with E-state index in [0.29, 0.717) is 23.4 Å². The number of imide groups is 1. The number of carbonyl (C=O) groups excluding carboxylic acids is 4. The van der Waals surface area contributed by atoms with Gasteiger partial charge in [-0.05, 0) is 43.6 Å². The molecule has 0 aromatic heterocycles. The van der Waals surface area contributed by atoms with Gasteiger partial charge in [-0.3, -0.25) is 29.4 Å². The van der Waals surface area contributed by atoms with E-state index in [1.54, 1.807) is 55.1 Å². The van der Waals surface area contributed by atoms with Crippen LogP contribution in [0.2, 0.25) is 0 Å². The Bertz CT molecular complexity index is 1190. The lowest BCUT2D eigenvalue weighted by atomic mass is 9.76. The third kappa shape index (κ3) is 3.48. The molecular weight excluding hydrogens is 466 g/mol. The van der Waals surface area contributed by atoms with Crippen molar-refractivity contribution >= 4 is 46.8 Å². The highest BCUT2D eigenvalue weighted by atomic mass is 32.2. The predicted octanol–water partition coefficient (Wildman–Crippen LogP) is 2.32. The molecule has 2 saturated heterocycles. The molecule has 182 valence electrons. The number of amides is 3. The average molecular weight is 494 g/mol. The van der Waals surface area contributed by atoms with Crippen LogP contribution in [-0.2, 0) is 29.5 Å². The molecule has 4 atom stereocenters. The van der Waals surface area contributed by atoms with Gasteiger partial charge in [0.05, 0.1) is 24.1 Å². The number of esters is 1. The van der Waals surface area contributed by atoms with E-state index in [2.05, 4.69) is 5.32 Å². The highest BCUT2D eigenvalue weighted by Gasteiger charge is 2.71. The fourth-order valence-corrected chi connectivity index (χ4v) is 6.25. The number of anilines is 2. The molecule has 2 fully saturated rings. The maximum atomic E-state index is 14.2. The minimum absolute atomic E-state index is 0.201. The summed E-state index contributed by atoms with van der Waals surface area (Å²) in [5, 5.41) is 3.45. The van der Waals surface area contributed by atoms with E-state index in [-0.39, 0.29) is 25.1 Å². The number of thioether (sulfide) groups is 1. The Labute approximate surface area is 208 Å². The Kier molecular flexibility index (Phi) is 6.14. The van der Waals surface area contributed by atoms with E-state index in [0.717, 1.165) is 5.75 Å². The molecule has 9 heteroatoms. The summed E-state index contributed by atoms with van der Waals surface area (Å²) in [6, 6.07) is 15.6. The SMILES string of the molecule is CCOC(=O)CN1C(=O)[C@@]2(N[C@@H](CCSC)[C@H]3C(=O)N(c4ccccc4)C(=O)[C@H]32)c2ccccc21. The molecule has 3 aliphatic heterocycles. The fourth-order valence-electron chi connectivity index (χ4n) is 5.76. The minimum Gasteiger partial charge on any atom is -0.465 e. The first-order valence-electron chi connectivity index (χ1n) is 11.7. The summed E-state index contributed by atoms with van der Waals surface area (Å²) in [5.41, 5.74) is 0.248. The molecule has 8 nitrogen and oxygen atoms in total. The predicted molar refractivity (Wildman–Crippen MR) is 133 cm³/mol. The number of hydrogen-bond donors (Lipinski definition) is 1. The summed E-state index contributed by atoms with van der Waals surface area (Å²) >= 11 is 1.65. The minimum atomic E-state index is -1.42. The highest BCUT2D eigenvalue weighted by molar-refractivity contribution is 7.98. The number of nitrogens with zero attached hydrogens (tertiary/aromatic N) is 2. The summed E-state index contributed by atoms with van der Waals surface area (Å²) in [5.74, 6) is -2.45. The molecule has 0 aliphatic carbocycles. The second-order valence-corrected chi connectivity index (χ2v) is 9.89. The number of hydrogen-bond acceptors (Lipinski definition) is 7. The first-order chi connectivity index (χ1) is 17.0. The van der Waals surface area contributed by atoms with Crippen molar-refractivity contribution in [1.82, 2.24) is 5.32 Å². The number of para-hydroxylation sites is 2. The van der Waals surface area contributed by atoms with Crippen LogP contribution in [0.25, 0.3) is 0 Å². The van der Waals surface area contributed by atoms with Crippen molar-refractivity contribution < 1.29 is 23.9 Å². The van der Waals surface area contributed by atoms with Crippen molar-refractivity contribution in [1.29, 1.82) is 0 Å². The normalized spacial score (nSPS) is 27.0. The first kappa shape index (κ1) is 23.6. The maximum absolute atomic E-state index is 14.2. The Morgan fingerprint density at radius 1 is 1.06 bits per heavy atom. The van der Waals surface area contributed by atoms with E-state index in [1.165, 1.54) is 9.80 Å². The van der Waals surface area contributed by atoms with Crippen LogP contribution in [0.5, 0.6) is 0 Å². The van der Waals surface area contributed by atoms with Crippen LogP contribution < -0.4 is 15.1 Å². The smallest absolute Gasteiger partial charge is 0.326 e. The molecule has 1 spiro atoms. The lowest BCUT2D eigenvalue weighted by molar-refractivity contribution is -0.142. The van der Waals surface area contributed by atoms with Crippen molar-refractivity contribution in [2.24, 2.45) is 11.8 Å². The molecule has 3 amide bonds. The Morgan fingerprint density at radius 3 is 2.49 bits per heavy atom. The number of rotatable bonds is 7. The van der Waals surface area contributed by atoms with Gasteiger partial charge in [0, 0.05) is 17.3 Å². The van der Waals surface area contributed by atoms with Crippen LogP contribution in [0, 0.1) is 11.8 Å². The molecule has 5 rings (SSSR count). The van der Waals surface area contributed by atoms with Gasteiger partial charge in [-0.2, -0.15) is 11.8 Å². The number of carbonyl (C=O) groups is 4. The zero-order valence-electron chi connectivity index (χ0n) is 19.6. The molecule has 0 saturated carbocycles. The second kappa shape index (κ2) is 9.13. The summed E-state index contributed by atoms with van der Waals surface area (Å²) in [7, 11) is 0. The molecule has 2 aromatic carbocycles. The maximum Gasteiger partial charge on any atom is 0.326 e.